The number of aromatic nitrogens is 3. The predicted molar refractivity (Wildman–Crippen MR) is 103 cm³/mol. The summed E-state index contributed by atoms with van der Waals surface area (Å²) in [6.07, 6.45) is 0. The molecule has 9 heteroatoms. The number of amides is 1. The minimum absolute atomic E-state index is 0.100. The van der Waals surface area contributed by atoms with Crippen LogP contribution in [-0.2, 0) is 4.79 Å². The molecule has 1 aromatic heterocycles. The van der Waals surface area contributed by atoms with Crippen molar-refractivity contribution in [1.82, 2.24) is 14.8 Å². The molecule has 2 heterocycles. The van der Waals surface area contributed by atoms with E-state index in [1.807, 2.05) is 37.3 Å². The van der Waals surface area contributed by atoms with Crippen molar-refractivity contribution < 1.29 is 19.0 Å². The van der Waals surface area contributed by atoms with Gasteiger partial charge in [0, 0.05) is 11.3 Å². The Bertz CT molecular complexity index is 1000. The number of nitrogens with zero attached hydrogens (tertiary/aromatic N) is 3. The van der Waals surface area contributed by atoms with E-state index in [0.29, 0.717) is 29.6 Å². The molecular weight excluding hydrogens is 384 g/mol. The zero-order valence-corrected chi connectivity index (χ0v) is 15.8. The predicted octanol–water partition coefficient (Wildman–Crippen LogP) is 3.24. The van der Waals surface area contributed by atoms with Crippen LogP contribution in [0.15, 0.2) is 42.5 Å². The van der Waals surface area contributed by atoms with Crippen LogP contribution in [0.5, 0.6) is 17.5 Å². The second-order valence-corrected chi connectivity index (χ2v) is 6.13. The molecule has 0 fully saturated rings. The van der Waals surface area contributed by atoms with E-state index < -0.39 is 0 Å². The van der Waals surface area contributed by atoms with Gasteiger partial charge in [0.05, 0.1) is 12.3 Å². The number of anilines is 1. The van der Waals surface area contributed by atoms with Crippen LogP contribution >= 0.6 is 11.6 Å². The maximum Gasteiger partial charge on any atom is 0.336 e. The average Bonchev–Trinajstić information content (AvgIpc) is 3.35. The van der Waals surface area contributed by atoms with Crippen LogP contribution in [0.3, 0.4) is 0 Å². The van der Waals surface area contributed by atoms with Gasteiger partial charge in [-0.25, -0.2) is 4.68 Å². The van der Waals surface area contributed by atoms with Gasteiger partial charge in [0.2, 0.25) is 12.7 Å². The standard InChI is InChI=1S/C19H17ClN4O4/c1-2-26-19-22-18(12-3-8-15-16(9-12)28-11-27-15)24(23-19)14-6-4-13(5-7-14)21-17(25)10-20/h3-9H,2,10-11H2,1H3,(H,21,25). The van der Waals surface area contributed by atoms with E-state index in [4.69, 9.17) is 25.8 Å². The number of alkyl halides is 1. The monoisotopic (exact) mass is 400 g/mol. The number of benzene rings is 2. The lowest BCUT2D eigenvalue weighted by Gasteiger charge is -2.08. The summed E-state index contributed by atoms with van der Waals surface area (Å²) in [6, 6.07) is 13.0. The number of hydrogen-bond acceptors (Lipinski definition) is 6. The number of halogens is 1. The second-order valence-electron chi connectivity index (χ2n) is 5.86. The minimum atomic E-state index is -0.269. The van der Waals surface area contributed by atoms with Crippen LogP contribution in [-0.4, -0.2) is 40.0 Å². The van der Waals surface area contributed by atoms with Crippen LogP contribution in [0.1, 0.15) is 6.92 Å². The largest absolute Gasteiger partial charge is 0.463 e. The van der Waals surface area contributed by atoms with E-state index >= 15 is 0 Å². The summed E-state index contributed by atoms with van der Waals surface area (Å²) in [5.41, 5.74) is 2.21. The molecule has 1 N–H and O–H groups in total. The molecule has 28 heavy (non-hydrogen) atoms. The van der Waals surface area contributed by atoms with Crippen LogP contribution in [0, 0.1) is 0 Å². The molecular formula is C19H17ClN4O4. The van der Waals surface area contributed by atoms with E-state index in [2.05, 4.69) is 15.4 Å². The van der Waals surface area contributed by atoms with Crippen molar-refractivity contribution in [3.8, 4) is 34.6 Å². The summed E-state index contributed by atoms with van der Waals surface area (Å²) in [7, 11) is 0. The molecule has 0 unspecified atom stereocenters. The van der Waals surface area contributed by atoms with Crippen molar-refractivity contribution in [1.29, 1.82) is 0 Å². The van der Waals surface area contributed by atoms with Gasteiger partial charge in [0.15, 0.2) is 17.3 Å². The maximum absolute atomic E-state index is 11.4. The zero-order valence-electron chi connectivity index (χ0n) is 15.0. The Morgan fingerprint density at radius 3 is 2.75 bits per heavy atom. The molecule has 2 aromatic carbocycles. The molecule has 3 aromatic rings. The number of carbonyl (C=O) groups excluding carboxylic acids is 1. The fourth-order valence-electron chi connectivity index (χ4n) is 2.77. The summed E-state index contributed by atoms with van der Waals surface area (Å²) in [6.45, 7) is 2.52. The molecule has 0 saturated carbocycles. The van der Waals surface area contributed by atoms with E-state index in [9.17, 15) is 4.79 Å². The Kier molecular flexibility index (Phi) is 5.03. The fraction of sp³-hybridized carbons (Fsp3) is 0.211. The third kappa shape index (κ3) is 3.59. The first-order valence-corrected chi connectivity index (χ1v) is 9.17. The van der Waals surface area contributed by atoms with Gasteiger partial charge in [-0.1, -0.05) is 0 Å². The summed E-state index contributed by atoms with van der Waals surface area (Å²) in [4.78, 5) is 15.9. The average molecular weight is 401 g/mol. The third-order valence-corrected chi connectivity index (χ3v) is 4.25. The normalized spacial score (nSPS) is 12.1. The quantitative estimate of drug-likeness (QED) is 0.639. The minimum Gasteiger partial charge on any atom is -0.463 e. The molecule has 0 saturated heterocycles. The van der Waals surface area contributed by atoms with Gasteiger partial charge in [-0.3, -0.25) is 4.79 Å². The first kappa shape index (κ1) is 18.1. The zero-order chi connectivity index (χ0) is 19.5. The van der Waals surface area contributed by atoms with Gasteiger partial charge in [0.1, 0.15) is 5.88 Å². The molecule has 1 aliphatic heterocycles. The number of fused-ring (bicyclic) bond motifs is 1. The van der Waals surface area contributed by atoms with Crippen LogP contribution in [0.2, 0.25) is 0 Å². The summed E-state index contributed by atoms with van der Waals surface area (Å²) in [5, 5.41) is 7.15. The topological polar surface area (TPSA) is 87.5 Å². The van der Waals surface area contributed by atoms with Gasteiger partial charge in [0.25, 0.3) is 0 Å². The lowest BCUT2D eigenvalue weighted by molar-refractivity contribution is -0.113. The van der Waals surface area contributed by atoms with Gasteiger partial charge < -0.3 is 19.5 Å². The highest BCUT2D eigenvalue weighted by Crippen LogP contribution is 2.36. The summed E-state index contributed by atoms with van der Waals surface area (Å²) < 4.78 is 18.0. The fourth-order valence-corrected chi connectivity index (χ4v) is 2.83. The maximum atomic E-state index is 11.4. The highest BCUT2D eigenvalue weighted by atomic mass is 35.5. The van der Waals surface area contributed by atoms with Gasteiger partial charge >= 0.3 is 6.01 Å². The van der Waals surface area contributed by atoms with Crippen molar-refractivity contribution in [3.63, 3.8) is 0 Å². The van der Waals surface area contributed by atoms with Crippen molar-refractivity contribution in [2.75, 3.05) is 24.6 Å². The Morgan fingerprint density at radius 1 is 1.21 bits per heavy atom. The molecule has 0 bridgehead atoms. The van der Waals surface area contributed by atoms with Gasteiger partial charge in [-0.2, -0.15) is 4.98 Å². The number of ether oxygens (including phenoxy) is 3. The number of rotatable bonds is 6. The van der Waals surface area contributed by atoms with Crippen molar-refractivity contribution in [2.24, 2.45) is 0 Å². The highest BCUT2D eigenvalue weighted by Gasteiger charge is 2.19. The van der Waals surface area contributed by atoms with Crippen molar-refractivity contribution >= 4 is 23.2 Å². The van der Waals surface area contributed by atoms with E-state index in [-0.39, 0.29) is 24.6 Å². The van der Waals surface area contributed by atoms with Crippen LogP contribution in [0.25, 0.3) is 17.1 Å². The van der Waals surface area contributed by atoms with E-state index in [1.165, 1.54) is 0 Å². The number of carbonyl (C=O) groups is 1. The highest BCUT2D eigenvalue weighted by molar-refractivity contribution is 6.29. The molecule has 4 rings (SSSR count). The van der Waals surface area contributed by atoms with Gasteiger partial charge in [-0.15, -0.1) is 16.7 Å². The molecule has 8 nitrogen and oxygen atoms in total. The molecule has 0 aliphatic carbocycles. The molecule has 144 valence electrons. The Labute approximate surface area is 166 Å². The third-order valence-electron chi connectivity index (χ3n) is 4.01. The van der Waals surface area contributed by atoms with Crippen LogP contribution < -0.4 is 19.5 Å². The SMILES string of the molecule is CCOc1nc(-c2ccc3c(c2)OCO3)n(-c2ccc(NC(=O)CCl)cc2)n1. The lowest BCUT2D eigenvalue weighted by Crippen LogP contribution is -2.12. The van der Waals surface area contributed by atoms with Crippen LogP contribution in [0.4, 0.5) is 5.69 Å². The molecule has 0 radical (unpaired) electrons. The number of nitrogens with one attached hydrogen (secondary N) is 1. The molecule has 1 amide bonds. The van der Waals surface area contributed by atoms with Gasteiger partial charge in [-0.05, 0) is 49.4 Å². The second kappa shape index (κ2) is 7.77. The summed E-state index contributed by atoms with van der Waals surface area (Å²) in [5.74, 6) is 1.58. The molecule has 0 atom stereocenters. The molecule has 1 aliphatic rings. The van der Waals surface area contributed by atoms with E-state index in [1.54, 1.807) is 16.8 Å². The Balaban J connectivity index is 1.71. The number of hydrogen-bond donors (Lipinski definition) is 1. The molecule has 0 spiro atoms. The van der Waals surface area contributed by atoms with E-state index in [0.717, 1.165) is 11.3 Å². The van der Waals surface area contributed by atoms with Crippen molar-refractivity contribution in [2.45, 2.75) is 6.92 Å². The Morgan fingerprint density at radius 2 is 2.00 bits per heavy atom. The first-order valence-electron chi connectivity index (χ1n) is 8.64. The smallest absolute Gasteiger partial charge is 0.336 e. The Hall–Kier alpha value is -3.26. The van der Waals surface area contributed by atoms with Crippen molar-refractivity contribution in [3.05, 3.63) is 42.5 Å². The lowest BCUT2D eigenvalue weighted by atomic mass is 10.2. The first-order chi connectivity index (χ1) is 13.7. The summed E-state index contributed by atoms with van der Waals surface area (Å²) >= 11 is 5.52.